The number of benzene rings is 1. The van der Waals surface area contributed by atoms with Gasteiger partial charge in [0.05, 0.1) is 5.02 Å². The monoisotopic (exact) mass is 563 g/mol. The third-order valence-corrected chi connectivity index (χ3v) is 9.27. The molecule has 0 unspecified atom stereocenters. The molecule has 3 aliphatic rings. The molecule has 2 fully saturated rings. The van der Waals surface area contributed by atoms with Crippen molar-refractivity contribution in [2.24, 2.45) is 5.92 Å². The molecule has 5 rings (SSSR count). The molecular weight excluding hydrogens is 529 g/mol. The van der Waals surface area contributed by atoms with Crippen molar-refractivity contribution >= 4 is 29.3 Å². The zero-order valence-electron chi connectivity index (χ0n) is 22.2. The number of halogens is 2. The maximum atomic E-state index is 13.2. The molecule has 206 valence electrons. The number of H-pyrrole nitrogens is 1. The number of amides is 1. The molecule has 0 bridgehead atoms. The zero-order valence-corrected chi connectivity index (χ0v) is 23.8. The SMILES string of the molecule is CSc1cc(C)[nH]c(=O)c1CNC(=O)c1cc(Cl)c2c(c1C)O[C@@](C)([C@H]1CC[C@@H](N[C@H]3C[C@H](F)C3)CC1)O2. The van der Waals surface area contributed by atoms with E-state index in [2.05, 4.69) is 15.6 Å². The minimum absolute atomic E-state index is 0.0952. The molecule has 0 spiro atoms. The Hall–Kier alpha value is -2.23. The number of nitrogens with one attached hydrogen (secondary N) is 3. The normalized spacial score (nSPS) is 28.2. The zero-order chi connectivity index (χ0) is 27.2. The molecule has 2 aromatic rings. The van der Waals surface area contributed by atoms with E-state index in [0.717, 1.165) is 36.3 Å². The van der Waals surface area contributed by atoms with Gasteiger partial charge in [0.1, 0.15) is 6.17 Å². The van der Waals surface area contributed by atoms with Crippen molar-refractivity contribution in [3.05, 3.63) is 49.9 Å². The third kappa shape index (κ3) is 5.29. The maximum Gasteiger partial charge on any atom is 0.254 e. The molecule has 38 heavy (non-hydrogen) atoms. The van der Waals surface area contributed by atoms with Gasteiger partial charge in [-0.2, -0.15) is 0 Å². The molecule has 1 atom stereocenters. The van der Waals surface area contributed by atoms with E-state index >= 15 is 0 Å². The van der Waals surface area contributed by atoms with Crippen molar-refractivity contribution in [1.29, 1.82) is 0 Å². The van der Waals surface area contributed by atoms with Crippen LogP contribution in [0, 0.1) is 19.8 Å². The molecule has 2 saturated carbocycles. The number of pyridine rings is 1. The average molecular weight is 564 g/mol. The van der Waals surface area contributed by atoms with Gasteiger partial charge in [0.15, 0.2) is 11.5 Å². The second-order valence-corrected chi connectivity index (χ2v) is 12.2. The molecule has 0 saturated heterocycles. The summed E-state index contributed by atoms with van der Waals surface area (Å²) < 4.78 is 25.9. The van der Waals surface area contributed by atoms with Crippen LogP contribution in [-0.2, 0) is 6.54 Å². The summed E-state index contributed by atoms with van der Waals surface area (Å²) in [5, 5.41) is 6.78. The highest BCUT2D eigenvalue weighted by molar-refractivity contribution is 7.98. The first-order chi connectivity index (χ1) is 18.1. The van der Waals surface area contributed by atoms with Crippen molar-refractivity contribution in [2.45, 2.75) is 94.8 Å². The number of aromatic amines is 1. The fraction of sp³-hybridized carbons (Fsp3) is 0.571. The van der Waals surface area contributed by atoms with Crippen molar-refractivity contribution < 1.29 is 18.7 Å². The van der Waals surface area contributed by atoms with E-state index in [4.69, 9.17) is 21.1 Å². The lowest BCUT2D eigenvalue weighted by molar-refractivity contribution is -0.121. The minimum atomic E-state index is -0.875. The first-order valence-electron chi connectivity index (χ1n) is 13.2. The van der Waals surface area contributed by atoms with Crippen molar-refractivity contribution in [3.63, 3.8) is 0 Å². The third-order valence-electron chi connectivity index (χ3n) is 8.19. The van der Waals surface area contributed by atoms with Crippen LogP contribution in [0.3, 0.4) is 0 Å². The number of aromatic nitrogens is 1. The second-order valence-electron chi connectivity index (χ2n) is 10.9. The summed E-state index contributed by atoms with van der Waals surface area (Å²) >= 11 is 8.06. The summed E-state index contributed by atoms with van der Waals surface area (Å²) in [4.78, 5) is 29.3. The smallest absolute Gasteiger partial charge is 0.254 e. The number of thioether (sulfide) groups is 1. The van der Waals surface area contributed by atoms with Gasteiger partial charge in [-0.3, -0.25) is 9.59 Å². The van der Waals surface area contributed by atoms with Gasteiger partial charge in [0.25, 0.3) is 17.3 Å². The van der Waals surface area contributed by atoms with Crippen LogP contribution in [0.1, 0.15) is 72.6 Å². The molecule has 1 aromatic carbocycles. The van der Waals surface area contributed by atoms with Crippen molar-refractivity contribution in [2.75, 3.05) is 6.26 Å². The highest BCUT2D eigenvalue weighted by atomic mass is 35.5. The standard InChI is InChI=1S/C28H35ClFN3O4S/c1-14-9-23(38-4)21(27(35)32-14)13-31-26(34)20-12-22(29)25-24(15(20)2)36-28(3,37-25)16-5-7-18(8-6-16)33-19-10-17(30)11-19/h9,12,16-19,33H,5-8,10-11,13H2,1-4H3,(H,31,34)(H,32,35)/t16-,17-,18+,19-,28-/m1/s1. The average Bonchev–Trinajstić information content (AvgIpc) is 3.24. The Kier molecular flexibility index (Phi) is 7.73. The van der Waals surface area contributed by atoms with Crippen LogP contribution in [0.15, 0.2) is 21.8 Å². The number of carbonyl (C=O) groups is 1. The molecule has 1 aromatic heterocycles. The summed E-state index contributed by atoms with van der Waals surface area (Å²) in [5.74, 6) is -0.0955. The Morgan fingerprint density at radius 2 is 1.84 bits per heavy atom. The van der Waals surface area contributed by atoms with Crippen molar-refractivity contribution in [3.8, 4) is 11.5 Å². The molecule has 2 aliphatic carbocycles. The van der Waals surface area contributed by atoms with E-state index < -0.39 is 12.0 Å². The van der Waals surface area contributed by atoms with Crippen LogP contribution in [0.4, 0.5) is 4.39 Å². The van der Waals surface area contributed by atoms with E-state index in [0.29, 0.717) is 58.1 Å². The number of aryl methyl sites for hydroxylation is 1. The van der Waals surface area contributed by atoms with E-state index in [9.17, 15) is 14.0 Å². The summed E-state index contributed by atoms with van der Waals surface area (Å²) in [6.07, 6.45) is 6.28. The predicted octanol–water partition coefficient (Wildman–Crippen LogP) is 5.43. The number of carbonyl (C=O) groups excluding carboxylic acids is 1. The number of fused-ring (bicyclic) bond motifs is 1. The Balaban J connectivity index is 1.26. The van der Waals surface area contributed by atoms with Crippen LogP contribution in [0.2, 0.25) is 5.02 Å². The molecule has 7 nitrogen and oxygen atoms in total. The van der Waals surface area contributed by atoms with Gasteiger partial charge < -0.3 is 25.1 Å². The highest BCUT2D eigenvalue weighted by Crippen LogP contribution is 2.51. The minimum Gasteiger partial charge on any atom is -0.448 e. The van der Waals surface area contributed by atoms with Gasteiger partial charge in [0.2, 0.25) is 0 Å². The van der Waals surface area contributed by atoms with Crippen LogP contribution >= 0.6 is 23.4 Å². The number of alkyl halides is 1. The molecule has 1 aliphatic heterocycles. The molecule has 2 heterocycles. The van der Waals surface area contributed by atoms with Crippen LogP contribution in [0.25, 0.3) is 0 Å². The Bertz CT molecular complexity index is 1290. The van der Waals surface area contributed by atoms with Crippen LogP contribution < -0.4 is 25.7 Å². The summed E-state index contributed by atoms with van der Waals surface area (Å²) in [7, 11) is 0. The fourth-order valence-electron chi connectivity index (χ4n) is 5.85. The lowest BCUT2D eigenvalue weighted by atomic mass is 9.80. The van der Waals surface area contributed by atoms with E-state index in [-0.39, 0.29) is 23.9 Å². The number of ether oxygens (including phenoxy) is 2. The molecule has 0 radical (unpaired) electrons. The summed E-state index contributed by atoms with van der Waals surface area (Å²) in [6.45, 7) is 5.68. The van der Waals surface area contributed by atoms with Gasteiger partial charge in [-0.05, 0) is 70.8 Å². The lowest BCUT2D eigenvalue weighted by Gasteiger charge is -2.40. The quantitative estimate of drug-likeness (QED) is 0.389. The van der Waals surface area contributed by atoms with E-state index in [1.807, 2.05) is 33.1 Å². The number of rotatable bonds is 7. The van der Waals surface area contributed by atoms with Crippen LogP contribution in [-0.4, -0.2) is 41.2 Å². The number of hydrogen-bond acceptors (Lipinski definition) is 6. The predicted molar refractivity (Wildman–Crippen MR) is 147 cm³/mol. The lowest BCUT2D eigenvalue weighted by Crippen LogP contribution is -2.51. The van der Waals surface area contributed by atoms with Gasteiger partial charge in [-0.15, -0.1) is 11.8 Å². The van der Waals surface area contributed by atoms with Crippen molar-refractivity contribution in [1.82, 2.24) is 15.6 Å². The second kappa shape index (κ2) is 10.7. The Morgan fingerprint density at radius 1 is 1.16 bits per heavy atom. The molecule has 1 amide bonds. The van der Waals surface area contributed by atoms with Gasteiger partial charge in [-0.25, -0.2) is 4.39 Å². The topological polar surface area (TPSA) is 92.5 Å². The molecular formula is C28H35ClFN3O4S. The first kappa shape index (κ1) is 27.3. The van der Waals surface area contributed by atoms with Gasteiger partial charge in [-0.1, -0.05) is 11.6 Å². The van der Waals surface area contributed by atoms with E-state index in [1.54, 1.807) is 6.07 Å². The Morgan fingerprint density at radius 3 is 2.50 bits per heavy atom. The fourth-order valence-corrected chi connectivity index (χ4v) is 6.79. The van der Waals surface area contributed by atoms with Gasteiger partial charge >= 0.3 is 0 Å². The maximum absolute atomic E-state index is 13.2. The molecule has 3 N–H and O–H groups in total. The highest BCUT2D eigenvalue weighted by Gasteiger charge is 2.47. The van der Waals surface area contributed by atoms with Crippen LogP contribution in [0.5, 0.6) is 11.5 Å². The summed E-state index contributed by atoms with van der Waals surface area (Å²) in [6, 6.07) is 4.19. The summed E-state index contributed by atoms with van der Waals surface area (Å²) in [5.41, 5.74) is 2.11. The largest absolute Gasteiger partial charge is 0.448 e. The first-order valence-corrected chi connectivity index (χ1v) is 14.8. The number of hydrogen-bond donors (Lipinski definition) is 3. The van der Waals surface area contributed by atoms with E-state index in [1.165, 1.54) is 11.8 Å². The Labute approximate surface area is 231 Å². The molecule has 10 heteroatoms. The van der Waals surface area contributed by atoms with Gasteiger partial charge in [0, 0.05) is 58.7 Å².